The van der Waals surface area contributed by atoms with Crippen molar-refractivity contribution < 1.29 is 9.53 Å². The number of hydrogen-bond acceptors (Lipinski definition) is 2. The van der Waals surface area contributed by atoms with Gasteiger partial charge in [0.1, 0.15) is 5.75 Å². The van der Waals surface area contributed by atoms with Gasteiger partial charge in [-0.1, -0.05) is 34.1 Å². The molecule has 0 bridgehead atoms. The fraction of sp³-hybridized carbons (Fsp3) is 0.250. The van der Waals surface area contributed by atoms with Crippen LogP contribution in [0.15, 0.2) is 28.7 Å². The summed E-state index contributed by atoms with van der Waals surface area (Å²) in [4.78, 5) is 10.6. The van der Waals surface area contributed by atoms with Crippen LogP contribution in [0.25, 0.3) is 6.08 Å². The fourth-order valence-electron chi connectivity index (χ4n) is 1.21. The molecule has 4 heteroatoms. The molecule has 1 rings (SSSR count). The van der Waals surface area contributed by atoms with Gasteiger partial charge in [0.25, 0.3) is 0 Å². The highest BCUT2D eigenvalue weighted by atomic mass is 79.9. The largest absolute Gasteiger partial charge is 0.496 e. The van der Waals surface area contributed by atoms with Crippen molar-refractivity contribution >= 4 is 27.9 Å². The predicted octanol–water partition coefficient (Wildman–Crippen LogP) is 2.61. The summed E-state index contributed by atoms with van der Waals surface area (Å²) in [6, 6.07) is 5.80. The van der Waals surface area contributed by atoms with Crippen LogP contribution in [0.1, 0.15) is 12.5 Å². The van der Waals surface area contributed by atoms with Gasteiger partial charge in [-0.05, 0) is 12.1 Å². The molecule has 0 fully saturated rings. The Labute approximate surface area is 104 Å². The first-order valence-corrected chi connectivity index (χ1v) is 5.67. The van der Waals surface area contributed by atoms with E-state index >= 15 is 0 Å². The Hall–Kier alpha value is -1.29. The Morgan fingerprint density at radius 1 is 1.56 bits per heavy atom. The molecule has 0 unspecified atom stereocenters. The Morgan fingerprint density at radius 3 is 2.94 bits per heavy atom. The molecule has 0 heterocycles. The lowest BCUT2D eigenvalue weighted by Gasteiger charge is -2.05. The van der Waals surface area contributed by atoms with Crippen LogP contribution >= 0.6 is 15.9 Å². The van der Waals surface area contributed by atoms with Crippen molar-refractivity contribution in [1.29, 1.82) is 0 Å². The van der Waals surface area contributed by atoms with Gasteiger partial charge >= 0.3 is 0 Å². The molecular weight excluding hydrogens is 270 g/mol. The summed E-state index contributed by atoms with van der Waals surface area (Å²) >= 11 is 3.38. The summed E-state index contributed by atoms with van der Waals surface area (Å²) in [5.41, 5.74) is 0.982. The number of carbonyl (C=O) groups excluding carboxylic acids is 1. The maximum absolute atomic E-state index is 10.6. The van der Waals surface area contributed by atoms with E-state index in [0.717, 1.165) is 15.8 Å². The van der Waals surface area contributed by atoms with Crippen LogP contribution in [0.5, 0.6) is 5.75 Å². The van der Waals surface area contributed by atoms with Crippen LogP contribution in [0.2, 0.25) is 0 Å². The summed E-state index contributed by atoms with van der Waals surface area (Å²) in [5, 5.41) is 2.69. The third-order valence-corrected chi connectivity index (χ3v) is 2.46. The predicted molar refractivity (Wildman–Crippen MR) is 68.4 cm³/mol. The Balaban J connectivity index is 2.69. The van der Waals surface area contributed by atoms with E-state index in [0.29, 0.717) is 6.54 Å². The van der Waals surface area contributed by atoms with E-state index in [9.17, 15) is 4.79 Å². The highest BCUT2D eigenvalue weighted by Crippen LogP contribution is 2.24. The molecule has 1 aromatic rings. The molecule has 0 aliphatic carbocycles. The molecule has 0 saturated carbocycles. The quantitative estimate of drug-likeness (QED) is 0.923. The van der Waals surface area contributed by atoms with Gasteiger partial charge in [0.15, 0.2) is 0 Å². The lowest BCUT2D eigenvalue weighted by Crippen LogP contribution is -2.19. The molecule has 0 radical (unpaired) electrons. The lowest BCUT2D eigenvalue weighted by molar-refractivity contribution is -0.118. The van der Waals surface area contributed by atoms with Gasteiger partial charge in [-0.15, -0.1) is 0 Å². The number of nitrogens with one attached hydrogen (secondary N) is 1. The Morgan fingerprint density at radius 2 is 2.31 bits per heavy atom. The Bertz CT molecular complexity index is 402. The number of carbonyl (C=O) groups is 1. The number of benzene rings is 1. The van der Waals surface area contributed by atoms with E-state index in [2.05, 4.69) is 21.2 Å². The molecule has 1 aromatic carbocycles. The number of ether oxygens (including phenoxy) is 1. The minimum Gasteiger partial charge on any atom is -0.496 e. The second-order valence-electron chi connectivity index (χ2n) is 3.23. The van der Waals surface area contributed by atoms with Crippen LogP contribution in [0, 0.1) is 0 Å². The molecule has 0 aliphatic rings. The van der Waals surface area contributed by atoms with Crippen molar-refractivity contribution in [2.45, 2.75) is 6.92 Å². The zero-order chi connectivity index (χ0) is 12.0. The first kappa shape index (κ1) is 12.8. The molecule has 0 spiro atoms. The third-order valence-electron chi connectivity index (χ3n) is 1.96. The van der Waals surface area contributed by atoms with Crippen LogP contribution < -0.4 is 10.1 Å². The zero-order valence-corrected chi connectivity index (χ0v) is 10.9. The van der Waals surface area contributed by atoms with Gasteiger partial charge in [-0.3, -0.25) is 4.79 Å². The molecule has 3 nitrogen and oxygen atoms in total. The van der Waals surface area contributed by atoms with Gasteiger partial charge in [-0.2, -0.15) is 0 Å². The monoisotopic (exact) mass is 283 g/mol. The fourth-order valence-corrected chi connectivity index (χ4v) is 1.55. The van der Waals surface area contributed by atoms with E-state index < -0.39 is 0 Å². The van der Waals surface area contributed by atoms with Gasteiger partial charge in [0, 0.05) is 23.5 Å². The van der Waals surface area contributed by atoms with Gasteiger partial charge in [0.05, 0.1) is 7.11 Å². The van der Waals surface area contributed by atoms with Gasteiger partial charge < -0.3 is 10.1 Å². The highest BCUT2D eigenvalue weighted by molar-refractivity contribution is 9.10. The SMILES string of the molecule is COc1cc(Br)ccc1C=CCNC(C)=O. The molecule has 0 aliphatic heterocycles. The van der Waals surface area contributed by atoms with E-state index in [4.69, 9.17) is 4.74 Å². The summed E-state index contributed by atoms with van der Waals surface area (Å²) in [5.74, 6) is 0.765. The van der Waals surface area contributed by atoms with Crippen molar-refractivity contribution in [3.63, 3.8) is 0 Å². The van der Waals surface area contributed by atoms with Crippen molar-refractivity contribution in [2.75, 3.05) is 13.7 Å². The lowest BCUT2D eigenvalue weighted by atomic mass is 10.2. The standard InChI is InChI=1S/C12H14BrNO2/c1-9(15)14-7-3-4-10-5-6-11(13)8-12(10)16-2/h3-6,8H,7H2,1-2H3,(H,14,15). The van der Waals surface area contributed by atoms with Crippen LogP contribution in [0.4, 0.5) is 0 Å². The number of hydrogen-bond donors (Lipinski definition) is 1. The first-order valence-electron chi connectivity index (χ1n) is 4.88. The molecule has 86 valence electrons. The first-order chi connectivity index (χ1) is 7.63. The average molecular weight is 284 g/mol. The second kappa shape index (κ2) is 6.33. The maximum atomic E-state index is 10.6. The summed E-state index contributed by atoms with van der Waals surface area (Å²) < 4.78 is 6.21. The Kier molecular flexibility index (Phi) is 5.05. The summed E-state index contributed by atoms with van der Waals surface area (Å²) in [6.07, 6.45) is 3.80. The minimum absolute atomic E-state index is 0.0348. The smallest absolute Gasteiger partial charge is 0.217 e. The summed E-state index contributed by atoms with van der Waals surface area (Å²) in [6.45, 7) is 2.02. The molecular formula is C12H14BrNO2. The van der Waals surface area contributed by atoms with Crippen LogP contribution in [-0.4, -0.2) is 19.6 Å². The van der Waals surface area contributed by atoms with Crippen molar-refractivity contribution in [3.05, 3.63) is 34.3 Å². The number of halogens is 1. The van der Waals surface area contributed by atoms with Crippen LogP contribution in [0.3, 0.4) is 0 Å². The molecule has 0 saturated heterocycles. The second-order valence-corrected chi connectivity index (χ2v) is 4.14. The summed E-state index contributed by atoms with van der Waals surface area (Å²) in [7, 11) is 1.63. The number of amides is 1. The minimum atomic E-state index is -0.0348. The average Bonchev–Trinajstić information content (AvgIpc) is 2.25. The van der Waals surface area contributed by atoms with Gasteiger partial charge in [-0.25, -0.2) is 0 Å². The van der Waals surface area contributed by atoms with Gasteiger partial charge in [0.2, 0.25) is 5.91 Å². The highest BCUT2D eigenvalue weighted by Gasteiger charge is 1.99. The van der Waals surface area contributed by atoms with E-state index in [1.807, 2.05) is 30.4 Å². The molecule has 16 heavy (non-hydrogen) atoms. The zero-order valence-electron chi connectivity index (χ0n) is 9.29. The molecule has 1 N–H and O–H groups in total. The van der Waals surface area contributed by atoms with Crippen LogP contribution in [-0.2, 0) is 4.79 Å². The van der Waals surface area contributed by atoms with E-state index in [1.54, 1.807) is 7.11 Å². The van der Waals surface area contributed by atoms with Crippen molar-refractivity contribution in [2.24, 2.45) is 0 Å². The number of methoxy groups -OCH3 is 1. The normalized spacial score (nSPS) is 10.4. The van der Waals surface area contributed by atoms with Crippen molar-refractivity contribution in [1.82, 2.24) is 5.32 Å². The molecule has 0 atom stereocenters. The topological polar surface area (TPSA) is 38.3 Å². The third kappa shape index (κ3) is 4.06. The van der Waals surface area contributed by atoms with E-state index in [1.165, 1.54) is 6.92 Å². The number of rotatable bonds is 4. The maximum Gasteiger partial charge on any atom is 0.217 e. The van der Waals surface area contributed by atoms with Crippen molar-refractivity contribution in [3.8, 4) is 5.75 Å². The molecule has 1 amide bonds. The molecule has 0 aromatic heterocycles. The van der Waals surface area contributed by atoms with E-state index in [-0.39, 0.29) is 5.91 Å².